The molecule has 2 unspecified atom stereocenters. The van der Waals surface area contributed by atoms with E-state index in [1.165, 1.54) is 6.42 Å². The lowest BCUT2D eigenvalue weighted by Crippen LogP contribution is -2.29. The lowest BCUT2D eigenvalue weighted by atomic mass is 10.2. The predicted octanol–water partition coefficient (Wildman–Crippen LogP) is 2.05. The van der Waals surface area contributed by atoms with Gasteiger partial charge in [0.05, 0.1) is 0 Å². The maximum Gasteiger partial charge on any atom is 0.253 e. The van der Waals surface area contributed by atoms with E-state index in [4.69, 9.17) is 17.3 Å². The van der Waals surface area contributed by atoms with Gasteiger partial charge in [0.1, 0.15) is 11.0 Å². The molecule has 1 aromatic rings. The Kier molecular flexibility index (Phi) is 3.24. The molecule has 92 valence electrons. The summed E-state index contributed by atoms with van der Waals surface area (Å²) in [6, 6.07) is 3.11. The van der Waals surface area contributed by atoms with E-state index < -0.39 is 0 Å². The van der Waals surface area contributed by atoms with Crippen LogP contribution in [0.15, 0.2) is 12.1 Å². The van der Waals surface area contributed by atoms with Crippen molar-refractivity contribution in [2.75, 3.05) is 19.3 Å². The molecule has 1 aliphatic carbocycles. The lowest BCUT2D eigenvalue weighted by molar-refractivity contribution is 0.0787. The van der Waals surface area contributed by atoms with Gasteiger partial charge in [0.15, 0.2) is 0 Å². The fraction of sp³-hybridized carbons (Fsp3) is 0.500. The van der Waals surface area contributed by atoms with Crippen LogP contribution < -0.4 is 5.73 Å². The van der Waals surface area contributed by atoms with E-state index in [1.54, 1.807) is 24.1 Å². The topological polar surface area (TPSA) is 59.2 Å². The fourth-order valence-electron chi connectivity index (χ4n) is 1.95. The first kappa shape index (κ1) is 12.2. The number of halogens is 1. The van der Waals surface area contributed by atoms with E-state index in [-0.39, 0.29) is 16.9 Å². The second-order valence-corrected chi connectivity index (χ2v) is 5.15. The molecular weight excluding hydrogens is 238 g/mol. The molecule has 0 aliphatic heterocycles. The summed E-state index contributed by atoms with van der Waals surface area (Å²) in [7, 11) is 1.80. The molecule has 1 saturated carbocycles. The molecule has 17 heavy (non-hydrogen) atoms. The van der Waals surface area contributed by atoms with Gasteiger partial charge < -0.3 is 10.6 Å². The third-order valence-corrected chi connectivity index (χ3v) is 3.39. The minimum Gasteiger partial charge on any atom is -0.384 e. The Morgan fingerprint density at radius 2 is 2.29 bits per heavy atom. The molecule has 0 aromatic carbocycles. The van der Waals surface area contributed by atoms with E-state index in [2.05, 4.69) is 11.9 Å². The molecule has 1 fully saturated rings. The molecule has 2 N–H and O–H groups in total. The van der Waals surface area contributed by atoms with Crippen LogP contribution in [0.3, 0.4) is 0 Å². The zero-order valence-electron chi connectivity index (χ0n) is 9.98. The highest BCUT2D eigenvalue weighted by Crippen LogP contribution is 2.38. The zero-order chi connectivity index (χ0) is 12.6. The van der Waals surface area contributed by atoms with E-state index in [0.29, 0.717) is 11.5 Å². The van der Waals surface area contributed by atoms with Crippen molar-refractivity contribution in [3.8, 4) is 0 Å². The summed E-state index contributed by atoms with van der Waals surface area (Å²) in [6.45, 7) is 2.99. The smallest absolute Gasteiger partial charge is 0.253 e. The summed E-state index contributed by atoms with van der Waals surface area (Å²) < 4.78 is 0. The number of aromatic nitrogens is 1. The van der Waals surface area contributed by atoms with E-state index in [0.717, 1.165) is 12.5 Å². The van der Waals surface area contributed by atoms with Crippen molar-refractivity contribution in [3.05, 3.63) is 22.8 Å². The van der Waals surface area contributed by atoms with Crippen LogP contribution in [0.5, 0.6) is 0 Å². The van der Waals surface area contributed by atoms with Crippen LogP contribution >= 0.6 is 11.6 Å². The predicted molar refractivity (Wildman–Crippen MR) is 67.9 cm³/mol. The Bertz CT molecular complexity index is 429. The number of anilines is 1. The second-order valence-electron chi connectivity index (χ2n) is 4.76. The molecule has 0 bridgehead atoms. The summed E-state index contributed by atoms with van der Waals surface area (Å²) >= 11 is 5.78. The maximum atomic E-state index is 12.1. The van der Waals surface area contributed by atoms with E-state index in [9.17, 15) is 4.79 Å². The van der Waals surface area contributed by atoms with Gasteiger partial charge in [-0.25, -0.2) is 4.98 Å². The Balaban J connectivity index is 2.07. The zero-order valence-corrected chi connectivity index (χ0v) is 10.7. The summed E-state index contributed by atoms with van der Waals surface area (Å²) in [6.07, 6.45) is 1.21. The fourth-order valence-corrected chi connectivity index (χ4v) is 2.16. The van der Waals surface area contributed by atoms with E-state index in [1.807, 2.05) is 0 Å². The van der Waals surface area contributed by atoms with Crippen LogP contribution in [0.4, 0.5) is 5.82 Å². The van der Waals surface area contributed by atoms with Gasteiger partial charge in [-0.2, -0.15) is 0 Å². The average molecular weight is 254 g/mol. The molecular formula is C12H16ClN3O. The summed E-state index contributed by atoms with van der Waals surface area (Å²) in [5, 5.41) is 0.251. The third-order valence-electron chi connectivity index (χ3n) is 3.19. The van der Waals surface area contributed by atoms with Crippen molar-refractivity contribution in [2.45, 2.75) is 13.3 Å². The Labute approximate surface area is 106 Å². The van der Waals surface area contributed by atoms with Crippen molar-refractivity contribution >= 4 is 23.3 Å². The average Bonchev–Trinajstić information content (AvgIpc) is 2.91. The molecule has 1 amide bonds. The van der Waals surface area contributed by atoms with Crippen LogP contribution in [0, 0.1) is 11.8 Å². The number of carbonyl (C=O) groups is 1. The molecule has 0 radical (unpaired) electrons. The number of amides is 1. The number of hydrogen-bond acceptors (Lipinski definition) is 3. The largest absolute Gasteiger partial charge is 0.384 e. The highest BCUT2D eigenvalue weighted by molar-refractivity contribution is 6.29. The number of rotatable bonds is 3. The third kappa shape index (κ3) is 2.88. The summed E-state index contributed by atoms with van der Waals surface area (Å²) in [5.41, 5.74) is 6.07. The second kappa shape index (κ2) is 4.53. The molecule has 0 spiro atoms. The van der Waals surface area contributed by atoms with Gasteiger partial charge in [-0.15, -0.1) is 0 Å². The minimum atomic E-state index is -0.0555. The number of carbonyl (C=O) groups excluding carboxylic acids is 1. The van der Waals surface area contributed by atoms with Gasteiger partial charge in [0.25, 0.3) is 5.91 Å². The number of pyridine rings is 1. The van der Waals surface area contributed by atoms with Crippen molar-refractivity contribution in [1.82, 2.24) is 9.88 Å². The minimum absolute atomic E-state index is 0.0555. The molecule has 0 saturated heterocycles. The number of hydrogen-bond donors (Lipinski definition) is 1. The first-order valence-electron chi connectivity index (χ1n) is 5.66. The molecule has 5 heteroatoms. The van der Waals surface area contributed by atoms with Crippen molar-refractivity contribution in [3.63, 3.8) is 0 Å². The quantitative estimate of drug-likeness (QED) is 0.839. The molecule has 1 aliphatic rings. The van der Waals surface area contributed by atoms with Gasteiger partial charge in [0.2, 0.25) is 0 Å². The maximum absolute atomic E-state index is 12.1. The van der Waals surface area contributed by atoms with Crippen LogP contribution in [0.1, 0.15) is 23.7 Å². The number of nitrogen functional groups attached to an aromatic ring is 1. The standard InChI is InChI=1S/C12H16ClN3O/c1-7-3-9(7)6-16(2)12(17)8-4-10(13)15-11(14)5-8/h4-5,7,9H,3,6H2,1-2H3,(H2,14,15). The van der Waals surface area contributed by atoms with Crippen molar-refractivity contribution in [2.24, 2.45) is 11.8 Å². The first-order valence-corrected chi connectivity index (χ1v) is 6.03. The summed E-state index contributed by atoms with van der Waals surface area (Å²) in [5.74, 6) is 1.59. The van der Waals surface area contributed by atoms with E-state index >= 15 is 0 Å². The molecule has 2 rings (SSSR count). The van der Waals surface area contributed by atoms with Crippen LogP contribution in [-0.2, 0) is 0 Å². The molecule has 2 atom stereocenters. The molecule has 1 aromatic heterocycles. The Hall–Kier alpha value is -1.29. The van der Waals surface area contributed by atoms with Crippen LogP contribution in [-0.4, -0.2) is 29.4 Å². The number of nitrogens with zero attached hydrogens (tertiary/aromatic N) is 2. The lowest BCUT2D eigenvalue weighted by Gasteiger charge is -2.17. The monoisotopic (exact) mass is 253 g/mol. The van der Waals surface area contributed by atoms with Crippen LogP contribution in [0.2, 0.25) is 5.15 Å². The van der Waals surface area contributed by atoms with Gasteiger partial charge in [-0.1, -0.05) is 18.5 Å². The highest BCUT2D eigenvalue weighted by atomic mass is 35.5. The normalized spacial score (nSPS) is 22.3. The Morgan fingerprint density at radius 1 is 1.65 bits per heavy atom. The van der Waals surface area contributed by atoms with Gasteiger partial charge in [-0.3, -0.25) is 4.79 Å². The van der Waals surface area contributed by atoms with Crippen LogP contribution in [0.25, 0.3) is 0 Å². The summed E-state index contributed by atoms with van der Waals surface area (Å²) in [4.78, 5) is 17.7. The SMILES string of the molecule is CC1CC1CN(C)C(=O)c1cc(N)nc(Cl)c1. The first-order chi connectivity index (χ1) is 7.97. The van der Waals surface area contributed by atoms with Gasteiger partial charge in [-0.05, 0) is 30.4 Å². The van der Waals surface area contributed by atoms with Gasteiger partial charge in [0, 0.05) is 19.2 Å². The Morgan fingerprint density at radius 3 is 2.82 bits per heavy atom. The molecule has 4 nitrogen and oxygen atoms in total. The van der Waals surface area contributed by atoms with Crippen molar-refractivity contribution in [1.29, 1.82) is 0 Å². The van der Waals surface area contributed by atoms with Crippen molar-refractivity contribution < 1.29 is 4.79 Å². The molecule has 1 heterocycles. The number of nitrogens with two attached hydrogens (primary N) is 1. The van der Waals surface area contributed by atoms with Gasteiger partial charge >= 0.3 is 0 Å². The highest BCUT2D eigenvalue weighted by Gasteiger charge is 2.34.